The van der Waals surface area contributed by atoms with Crippen LogP contribution in [0.2, 0.25) is 0 Å². The van der Waals surface area contributed by atoms with Gasteiger partial charge in [0, 0.05) is 15.3 Å². The number of nitrogens with zero attached hydrogens (tertiary/aromatic N) is 1. The molecule has 0 radical (unpaired) electrons. The zero-order chi connectivity index (χ0) is 13.8. The summed E-state index contributed by atoms with van der Waals surface area (Å²) in [5, 5.41) is 0. The molecule has 0 saturated carbocycles. The standard InChI is InChI=1S/C14H14FIN2O/c1-2-12(10-8-9(15)5-6-11(10)16)19-13-4-3-7-18-14(13)17/h3-8,12H,2H2,1H3,(H2,17,18). The quantitative estimate of drug-likeness (QED) is 0.828. The number of aromatic nitrogens is 1. The van der Waals surface area contributed by atoms with E-state index in [1.54, 1.807) is 24.4 Å². The summed E-state index contributed by atoms with van der Waals surface area (Å²) in [5.41, 5.74) is 6.58. The number of nitrogens with two attached hydrogens (primary N) is 1. The monoisotopic (exact) mass is 372 g/mol. The largest absolute Gasteiger partial charge is 0.482 e. The van der Waals surface area contributed by atoms with Gasteiger partial charge in [0.1, 0.15) is 11.9 Å². The molecule has 1 unspecified atom stereocenters. The van der Waals surface area contributed by atoms with Gasteiger partial charge in [-0.3, -0.25) is 0 Å². The second-order valence-corrected chi connectivity index (χ2v) is 5.23. The summed E-state index contributed by atoms with van der Waals surface area (Å²) in [6.07, 6.45) is 2.08. The molecule has 1 atom stereocenters. The minimum atomic E-state index is -0.267. The average molecular weight is 372 g/mol. The van der Waals surface area contributed by atoms with Crippen molar-refractivity contribution >= 4 is 28.4 Å². The molecule has 100 valence electrons. The number of benzene rings is 1. The van der Waals surface area contributed by atoms with Gasteiger partial charge >= 0.3 is 0 Å². The lowest BCUT2D eigenvalue weighted by molar-refractivity contribution is 0.200. The first-order valence-electron chi connectivity index (χ1n) is 5.94. The number of pyridine rings is 1. The molecule has 2 N–H and O–H groups in total. The van der Waals surface area contributed by atoms with Crippen molar-refractivity contribution < 1.29 is 9.13 Å². The number of nitrogen functional groups attached to an aromatic ring is 1. The molecule has 0 aliphatic carbocycles. The van der Waals surface area contributed by atoms with Gasteiger partial charge in [0.15, 0.2) is 11.6 Å². The molecule has 1 aromatic carbocycles. The fourth-order valence-electron chi connectivity index (χ4n) is 1.78. The van der Waals surface area contributed by atoms with E-state index < -0.39 is 0 Å². The smallest absolute Gasteiger partial charge is 0.166 e. The second-order valence-electron chi connectivity index (χ2n) is 4.07. The average Bonchev–Trinajstić information content (AvgIpc) is 2.41. The molecule has 0 aliphatic heterocycles. The highest BCUT2D eigenvalue weighted by molar-refractivity contribution is 14.1. The van der Waals surface area contributed by atoms with Crippen LogP contribution in [0.1, 0.15) is 25.0 Å². The van der Waals surface area contributed by atoms with Gasteiger partial charge in [-0.15, -0.1) is 0 Å². The van der Waals surface area contributed by atoms with Crippen LogP contribution in [0.4, 0.5) is 10.2 Å². The van der Waals surface area contributed by atoms with Crippen molar-refractivity contribution in [2.24, 2.45) is 0 Å². The Morgan fingerprint density at radius 2 is 2.21 bits per heavy atom. The minimum Gasteiger partial charge on any atom is -0.482 e. The third-order valence-corrected chi connectivity index (χ3v) is 3.73. The number of anilines is 1. The van der Waals surface area contributed by atoms with E-state index in [1.165, 1.54) is 12.1 Å². The van der Waals surface area contributed by atoms with Crippen LogP contribution in [0.3, 0.4) is 0 Å². The highest BCUT2D eigenvalue weighted by Crippen LogP contribution is 2.30. The van der Waals surface area contributed by atoms with E-state index in [9.17, 15) is 4.39 Å². The van der Waals surface area contributed by atoms with Crippen LogP contribution < -0.4 is 10.5 Å². The van der Waals surface area contributed by atoms with Gasteiger partial charge in [-0.25, -0.2) is 9.37 Å². The number of hydrogen-bond donors (Lipinski definition) is 1. The predicted molar refractivity (Wildman–Crippen MR) is 81.4 cm³/mol. The Bertz CT molecular complexity index is 577. The van der Waals surface area contributed by atoms with Crippen molar-refractivity contribution in [3.05, 3.63) is 51.5 Å². The maximum Gasteiger partial charge on any atom is 0.166 e. The zero-order valence-electron chi connectivity index (χ0n) is 10.4. The lowest BCUT2D eigenvalue weighted by atomic mass is 10.1. The van der Waals surface area contributed by atoms with E-state index >= 15 is 0 Å². The molecule has 3 nitrogen and oxygen atoms in total. The minimum absolute atomic E-state index is 0.242. The van der Waals surface area contributed by atoms with Crippen LogP contribution in [0.5, 0.6) is 5.75 Å². The normalized spacial score (nSPS) is 12.2. The van der Waals surface area contributed by atoms with E-state index in [4.69, 9.17) is 10.5 Å². The van der Waals surface area contributed by atoms with Crippen LogP contribution >= 0.6 is 22.6 Å². The first kappa shape index (κ1) is 14.0. The summed E-state index contributed by atoms with van der Waals surface area (Å²) in [7, 11) is 0. The van der Waals surface area contributed by atoms with E-state index in [-0.39, 0.29) is 11.9 Å². The maximum atomic E-state index is 13.4. The molecule has 0 spiro atoms. The van der Waals surface area contributed by atoms with Crippen molar-refractivity contribution in [3.63, 3.8) is 0 Å². The van der Waals surface area contributed by atoms with Gasteiger partial charge in [0.25, 0.3) is 0 Å². The van der Waals surface area contributed by atoms with Gasteiger partial charge < -0.3 is 10.5 Å². The highest BCUT2D eigenvalue weighted by Gasteiger charge is 2.16. The number of rotatable bonds is 4. The Morgan fingerprint density at radius 3 is 2.89 bits per heavy atom. The first-order chi connectivity index (χ1) is 9.11. The van der Waals surface area contributed by atoms with Crippen LogP contribution in [0.25, 0.3) is 0 Å². The first-order valence-corrected chi connectivity index (χ1v) is 7.01. The fraction of sp³-hybridized carbons (Fsp3) is 0.214. The predicted octanol–water partition coefficient (Wildman–Crippen LogP) is 3.94. The summed E-state index contributed by atoms with van der Waals surface area (Å²) < 4.78 is 20.2. The molecule has 2 rings (SSSR count). The number of halogens is 2. The van der Waals surface area contributed by atoms with Gasteiger partial charge in [0.2, 0.25) is 0 Å². The Kier molecular flexibility index (Phi) is 4.57. The Morgan fingerprint density at radius 1 is 1.42 bits per heavy atom. The molecule has 5 heteroatoms. The van der Waals surface area contributed by atoms with Crippen molar-refractivity contribution in [1.82, 2.24) is 4.98 Å². The van der Waals surface area contributed by atoms with Crippen LogP contribution in [-0.2, 0) is 0 Å². The van der Waals surface area contributed by atoms with Gasteiger partial charge in [0.05, 0.1) is 0 Å². The molecular weight excluding hydrogens is 358 g/mol. The Labute approximate surface area is 125 Å². The van der Waals surface area contributed by atoms with Crippen molar-refractivity contribution in [3.8, 4) is 5.75 Å². The third kappa shape index (κ3) is 3.34. The van der Waals surface area contributed by atoms with Crippen molar-refractivity contribution in [1.29, 1.82) is 0 Å². The Balaban J connectivity index is 2.30. The molecular formula is C14H14FIN2O. The SMILES string of the molecule is CCC(Oc1cccnc1N)c1cc(F)ccc1I. The van der Waals surface area contributed by atoms with Crippen LogP contribution in [0, 0.1) is 9.39 Å². The summed E-state index contributed by atoms with van der Waals surface area (Å²) >= 11 is 2.17. The fourth-order valence-corrected chi connectivity index (χ4v) is 2.47. The molecule has 0 aliphatic rings. The molecule has 19 heavy (non-hydrogen) atoms. The molecule has 0 amide bonds. The van der Waals surface area contributed by atoms with Gasteiger partial charge in [-0.1, -0.05) is 6.92 Å². The van der Waals surface area contributed by atoms with Crippen LogP contribution in [0.15, 0.2) is 36.5 Å². The number of hydrogen-bond acceptors (Lipinski definition) is 3. The second kappa shape index (κ2) is 6.18. The summed E-state index contributed by atoms with van der Waals surface area (Å²) in [5.74, 6) is 0.596. The summed E-state index contributed by atoms with van der Waals surface area (Å²) in [4.78, 5) is 3.98. The highest BCUT2D eigenvalue weighted by atomic mass is 127. The molecule has 0 saturated heterocycles. The lowest BCUT2D eigenvalue weighted by Gasteiger charge is -2.20. The molecule has 0 fully saturated rings. The van der Waals surface area contributed by atoms with E-state index in [0.717, 1.165) is 9.13 Å². The summed E-state index contributed by atoms with van der Waals surface area (Å²) in [6.45, 7) is 1.98. The molecule has 1 heterocycles. The van der Waals surface area contributed by atoms with E-state index in [2.05, 4.69) is 27.6 Å². The Hall–Kier alpha value is -1.37. The summed E-state index contributed by atoms with van der Waals surface area (Å²) in [6, 6.07) is 8.20. The van der Waals surface area contributed by atoms with Gasteiger partial charge in [-0.05, 0) is 59.3 Å². The lowest BCUT2D eigenvalue weighted by Crippen LogP contribution is -2.10. The van der Waals surface area contributed by atoms with E-state index in [0.29, 0.717) is 18.0 Å². The van der Waals surface area contributed by atoms with Gasteiger partial charge in [-0.2, -0.15) is 0 Å². The zero-order valence-corrected chi connectivity index (χ0v) is 12.6. The maximum absolute atomic E-state index is 13.4. The topological polar surface area (TPSA) is 48.1 Å². The molecule has 1 aromatic heterocycles. The van der Waals surface area contributed by atoms with E-state index in [1.807, 2.05) is 6.92 Å². The van der Waals surface area contributed by atoms with Crippen molar-refractivity contribution in [2.45, 2.75) is 19.4 Å². The number of ether oxygens (including phenoxy) is 1. The molecule has 2 aromatic rings. The van der Waals surface area contributed by atoms with Crippen molar-refractivity contribution in [2.75, 3.05) is 5.73 Å². The molecule has 0 bridgehead atoms. The van der Waals surface area contributed by atoms with Crippen LogP contribution in [-0.4, -0.2) is 4.98 Å². The third-order valence-electron chi connectivity index (χ3n) is 2.74.